The molecule has 0 unspecified atom stereocenters. The Balaban J connectivity index is 1.37. The number of halogens is 3. The summed E-state index contributed by atoms with van der Waals surface area (Å²) in [5, 5.41) is 3.45. The topological polar surface area (TPSA) is 61.4 Å². The number of rotatable bonds is 7. The van der Waals surface area contributed by atoms with E-state index in [0.29, 0.717) is 54.9 Å². The number of anilines is 2. The smallest absolute Gasteiger partial charge is 0.368 e. The third kappa shape index (κ3) is 6.48. The van der Waals surface area contributed by atoms with Crippen molar-refractivity contribution in [2.45, 2.75) is 30.9 Å². The van der Waals surface area contributed by atoms with Crippen molar-refractivity contribution in [3.63, 3.8) is 0 Å². The Morgan fingerprint density at radius 3 is 2.36 bits per heavy atom. The first-order chi connectivity index (χ1) is 17.2. The van der Waals surface area contributed by atoms with Gasteiger partial charge in [-0.1, -0.05) is 30.0 Å². The first-order valence-electron chi connectivity index (χ1n) is 11.8. The van der Waals surface area contributed by atoms with E-state index in [-0.39, 0.29) is 5.91 Å². The fourth-order valence-electron chi connectivity index (χ4n) is 3.99. The van der Waals surface area contributed by atoms with Crippen molar-refractivity contribution in [3.8, 4) is 0 Å². The summed E-state index contributed by atoms with van der Waals surface area (Å²) < 4.78 is 39.3. The van der Waals surface area contributed by atoms with Crippen LogP contribution in [0.15, 0.2) is 59.8 Å². The summed E-state index contributed by atoms with van der Waals surface area (Å²) in [5.74, 6) is 1.40. The number of nitrogens with zero attached hydrogens (tertiary/aromatic N) is 4. The molecule has 1 aliphatic rings. The molecule has 1 fully saturated rings. The highest BCUT2D eigenvalue weighted by molar-refractivity contribution is 7.98. The standard InChI is InChI=1S/C26H28F3N5OS/c1-3-30-24(35)20-9-7-19(8-10-20)17-36-25-31-18(2)15-23(32-25)34-13-11-33(12-14-34)22-6-4-5-21(16-22)26(27,28)29/h4-10,15-16H,3,11-14,17H2,1-2H3,(H,30,35). The molecule has 0 saturated carbocycles. The monoisotopic (exact) mass is 515 g/mol. The quantitative estimate of drug-likeness (QED) is 0.346. The van der Waals surface area contributed by atoms with Gasteiger partial charge in [-0.2, -0.15) is 13.2 Å². The van der Waals surface area contributed by atoms with Crippen molar-refractivity contribution in [2.75, 3.05) is 42.5 Å². The zero-order valence-corrected chi connectivity index (χ0v) is 21.0. The van der Waals surface area contributed by atoms with Crippen LogP contribution in [0.1, 0.15) is 34.1 Å². The van der Waals surface area contributed by atoms with Crippen LogP contribution in [-0.2, 0) is 11.9 Å². The van der Waals surface area contributed by atoms with Crippen molar-refractivity contribution < 1.29 is 18.0 Å². The van der Waals surface area contributed by atoms with Crippen molar-refractivity contribution in [1.29, 1.82) is 0 Å². The van der Waals surface area contributed by atoms with Crippen LogP contribution in [0.25, 0.3) is 0 Å². The lowest BCUT2D eigenvalue weighted by atomic mass is 10.1. The average Bonchev–Trinajstić information content (AvgIpc) is 2.87. The van der Waals surface area contributed by atoms with E-state index in [1.54, 1.807) is 6.07 Å². The summed E-state index contributed by atoms with van der Waals surface area (Å²) in [6.07, 6.45) is -4.35. The molecule has 1 aliphatic heterocycles. The van der Waals surface area contributed by atoms with Gasteiger partial charge in [-0.05, 0) is 49.7 Å². The second kappa shape index (κ2) is 11.2. The Morgan fingerprint density at radius 1 is 1.00 bits per heavy atom. The molecule has 0 spiro atoms. The van der Waals surface area contributed by atoms with Gasteiger partial charge in [-0.3, -0.25) is 4.79 Å². The Labute approximate surface area is 212 Å². The summed E-state index contributed by atoms with van der Waals surface area (Å²) in [7, 11) is 0. The maximum Gasteiger partial charge on any atom is 0.416 e. The molecule has 2 heterocycles. The highest BCUT2D eigenvalue weighted by atomic mass is 32.2. The van der Waals surface area contributed by atoms with Gasteiger partial charge in [0.2, 0.25) is 0 Å². The lowest BCUT2D eigenvalue weighted by Crippen LogP contribution is -2.47. The van der Waals surface area contributed by atoms with E-state index in [0.717, 1.165) is 23.1 Å². The largest absolute Gasteiger partial charge is 0.416 e. The molecule has 10 heteroatoms. The maximum atomic E-state index is 13.1. The molecule has 6 nitrogen and oxygen atoms in total. The number of piperazine rings is 1. The normalized spacial score (nSPS) is 14.1. The molecule has 3 aromatic rings. The third-order valence-corrected chi connectivity index (χ3v) is 6.80. The zero-order valence-electron chi connectivity index (χ0n) is 20.2. The lowest BCUT2D eigenvalue weighted by Gasteiger charge is -2.37. The Hall–Kier alpha value is -3.27. The average molecular weight is 516 g/mol. The van der Waals surface area contributed by atoms with E-state index >= 15 is 0 Å². The molecular formula is C26H28F3N5OS. The highest BCUT2D eigenvalue weighted by Gasteiger charge is 2.31. The lowest BCUT2D eigenvalue weighted by molar-refractivity contribution is -0.137. The van der Waals surface area contributed by atoms with Gasteiger partial charge in [0.15, 0.2) is 5.16 Å². The number of benzene rings is 2. The van der Waals surface area contributed by atoms with E-state index in [9.17, 15) is 18.0 Å². The second-order valence-corrected chi connectivity index (χ2v) is 9.46. The van der Waals surface area contributed by atoms with E-state index in [1.165, 1.54) is 23.9 Å². The second-order valence-electron chi connectivity index (χ2n) is 8.52. The molecule has 1 N–H and O–H groups in total. The molecule has 0 radical (unpaired) electrons. The Morgan fingerprint density at radius 2 is 1.69 bits per heavy atom. The van der Waals surface area contributed by atoms with Crippen LogP contribution < -0.4 is 15.1 Å². The predicted molar refractivity (Wildman–Crippen MR) is 137 cm³/mol. The van der Waals surface area contributed by atoms with Crippen molar-refractivity contribution >= 4 is 29.2 Å². The van der Waals surface area contributed by atoms with Gasteiger partial charge in [-0.25, -0.2) is 9.97 Å². The number of aryl methyl sites for hydroxylation is 1. The first kappa shape index (κ1) is 25.8. The molecule has 36 heavy (non-hydrogen) atoms. The van der Waals surface area contributed by atoms with Crippen LogP contribution in [0.2, 0.25) is 0 Å². The predicted octanol–water partition coefficient (Wildman–Crippen LogP) is 5.17. The zero-order chi connectivity index (χ0) is 25.7. The summed E-state index contributed by atoms with van der Waals surface area (Å²) in [4.78, 5) is 25.3. The van der Waals surface area contributed by atoms with E-state index < -0.39 is 11.7 Å². The van der Waals surface area contributed by atoms with Crippen LogP contribution in [0, 0.1) is 6.92 Å². The molecule has 1 aromatic heterocycles. The molecular weight excluding hydrogens is 487 g/mol. The van der Waals surface area contributed by atoms with Crippen molar-refractivity contribution in [3.05, 3.63) is 77.0 Å². The van der Waals surface area contributed by atoms with Crippen molar-refractivity contribution in [2.24, 2.45) is 0 Å². The highest BCUT2D eigenvalue weighted by Crippen LogP contribution is 2.32. The van der Waals surface area contributed by atoms with Crippen LogP contribution >= 0.6 is 11.8 Å². The van der Waals surface area contributed by atoms with Gasteiger partial charge in [0.1, 0.15) is 5.82 Å². The number of amides is 1. The molecule has 1 saturated heterocycles. The van der Waals surface area contributed by atoms with Gasteiger partial charge in [0.25, 0.3) is 5.91 Å². The Kier molecular flexibility index (Phi) is 8.03. The molecule has 4 rings (SSSR count). The van der Waals surface area contributed by atoms with Crippen LogP contribution in [0.5, 0.6) is 0 Å². The fraction of sp³-hybridized carbons (Fsp3) is 0.346. The van der Waals surface area contributed by atoms with Gasteiger partial charge < -0.3 is 15.1 Å². The number of hydrogen-bond acceptors (Lipinski definition) is 6. The number of alkyl halides is 3. The SMILES string of the molecule is CCNC(=O)c1ccc(CSc2nc(C)cc(N3CCN(c4cccc(C(F)(F)F)c4)CC3)n2)cc1. The number of hydrogen-bond donors (Lipinski definition) is 1. The minimum Gasteiger partial charge on any atom is -0.368 e. The molecule has 0 aliphatic carbocycles. The van der Waals surface area contributed by atoms with Gasteiger partial charge in [0, 0.05) is 61.5 Å². The van der Waals surface area contributed by atoms with E-state index in [4.69, 9.17) is 4.98 Å². The van der Waals surface area contributed by atoms with Gasteiger partial charge in [0.05, 0.1) is 5.56 Å². The summed E-state index contributed by atoms with van der Waals surface area (Å²) in [5.41, 5.74) is 2.50. The number of aromatic nitrogens is 2. The first-order valence-corrected chi connectivity index (χ1v) is 12.7. The third-order valence-electron chi connectivity index (χ3n) is 5.88. The van der Waals surface area contributed by atoms with Gasteiger partial charge >= 0.3 is 6.18 Å². The van der Waals surface area contributed by atoms with Gasteiger partial charge in [-0.15, -0.1) is 0 Å². The summed E-state index contributed by atoms with van der Waals surface area (Å²) >= 11 is 1.53. The summed E-state index contributed by atoms with van der Waals surface area (Å²) in [6, 6.07) is 14.9. The minimum absolute atomic E-state index is 0.0866. The molecule has 2 aromatic carbocycles. The minimum atomic E-state index is -4.35. The van der Waals surface area contributed by atoms with E-state index in [1.807, 2.05) is 49.1 Å². The molecule has 190 valence electrons. The Bertz CT molecular complexity index is 1190. The molecule has 0 bridgehead atoms. The van der Waals surface area contributed by atoms with Crippen LogP contribution in [-0.4, -0.2) is 48.6 Å². The molecule has 1 amide bonds. The van der Waals surface area contributed by atoms with Crippen molar-refractivity contribution in [1.82, 2.24) is 15.3 Å². The summed E-state index contributed by atoms with van der Waals surface area (Å²) in [6.45, 7) is 6.90. The van der Waals surface area contributed by atoms with Crippen LogP contribution in [0.3, 0.4) is 0 Å². The number of thioether (sulfide) groups is 1. The fourth-order valence-corrected chi connectivity index (χ4v) is 4.84. The van der Waals surface area contributed by atoms with Crippen LogP contribution in [0.4, 0.5) is 24.7 Å². The van der Waals surface area contributed by atoms with E-state index in [2.05, 4.69) is 15.2 Å². The number of nitrogens with one attached hydrogen (secondary N) is 1. The molecule has 0 atom stereocenters. The number of carbonyl (C=O) groups excluding carboxylic acids is 1. The number of carbonyl (C=O) groups is 1. The maximum absolute atomic E-state index is 13.1.